The number of carbonyl (C=O) groups is 1. The van der Waals surface area contributed by atoms with Crippen molar-refractivity contribution >= 4 is 5.91 Å². The Bertz CT molecular complexity index is 286. The highest BCUT2D eigenvalue weighted by Gasteiger charge is 2.47. The number of carbonyl (C=O) groups excluding carboxylic acids is 1. The van der Waals surface area contributed by atoms with Crippen molar-refractivity contribution in [2.24, 2.45) is 0 Å². The maximum Gasteiger partial charge on any atom is 0.241 e. The van der Waals surface area contributed by atoms with E-state index in [2.05, 4.69) is 24.1 Å². The van der Waals surface area contributed by atoms with Crippen LogP contribution in [-0.4, -0.2) is 60.5 Å². The summed E-state index contributed by atoms with van der Waals surface area (Å²) in [5, 5.41) is 3.14. The Balaban J connectivity index is 2.18. The van der Waals surface area contributed by atoms with E-state index in [1.807, 2.05) is 19.0 Å². The molecule has 4 heteroatoms. The van der Waals surface area contributed by atoms with E-state index in [1.54, 1.807) is 0 Å². The minimum absolute atomic E-state index is 0.0375. The van der Waals surface area contributed by atoms with Crippen LogP contribution in [0.5, 0.6) is 0 Å². The van der Waals surface area contributed by atoms with Crippen LogP contribution in [0.25, 0.3) is 0 Å². The SMILES string of the molecule is CNCC1C(=O)N(C)C(C)(C)CN1C1CC1. The third-order valence-corrected chi connectivity index (χ3v) is 3.91. The second-order valence-corrected chi connectivity index (χ2v) is 5.69. The molecule has 92 valence electrons. The highest BCUT2D eigenvalue weighted by Crippen LogP contribution is 2.34. The highest BCUT2D eigenvalue weighted by molar-refractivity contribution is 5.83. The lowest BCUT2D eigenvalue weighted by molar-refractivity contribution is -0.149. The van der Waals surface area contributed by atoms with E-state index in [-0.39, 0.29) is 17.5 Å². The van der Waals surface area contributed by atoms with E-state index in [0.29, 0.717) is 6.04 Å². The summed E-state index contributed by atoms with van der Waals surface area (Å²) in [4.78, 5) is 16.6. The monoisotopic (exact) mass is 225 g/mol. The summed E-state index contributed by atoms with van der Waals surface area (Å²) in [6, 6.07) is 0.686. The molecule has 0 aromatic carbocycles. The molecule has 1 saturated heterocycles. The molecule has 2 fully saturated rings. The molecule has 1 heterocycles. The maximum absolute atomic E-state index is 12.3. The van der Waals surface area contributed by atoms with Gasteiger partial charge in [-0.25, -0.2) is 0 Å². The molecule has 16 heavy (non-hydrogen) atoms. The Morgan fingerprint density at radius 1 is 1.44 bits per heavy atom. The van der Waals surface area contributed by atoms with Gasteiger partial charge in [-0.05, 0) is 33.7 Å². The molecule has 0 aromatic heterocycles. The fourth-order valence-electron chi connectivity index (χ4n) is 2.51. The first-order valence-corrected chi connectivity index (χ1v) is 6.15. The number of nitrogens with one attached hydrogen (secondary N) is 1. The summed E-state index contributed by atoms with van der Waals surface area (Å²) in [6.45, 7) is 6.05. The van der Waals surface area contributed by atoms with Gasteiger partial charge in [0.25, 0.3) is 0 Å². The number of likely N-dealkylation sites (N-methyl/N-ethyl adjacent to an activating group) is 2. The molecule has 1 atom stereocenters. The summed E-state index contributed by atoms with van der Waals surface area (Å²) in [6.07, 6.45) is 2.51. The van der Waals surface area contributed by atoms with Gasteiger partial charge in [-0.15, -0.1) is 0 Å². The normalized spacial score (nSPS) is 30.9. The molecule has 1 aliphatic heterocycles. The first-order valence-electron chi connectivity index (χ1n) is 6.15. The predicted molar refractivity (Wildman–Crippen MR) is 64.3 cm³/mol. The van der Waals surface area contributed by atoms with Crippen molar-refractivity contribution in [2.45, 2.75) is 44.3 Å². The van der Waals surface area contributed by atoms with E-state index in [4.69, 9.17) is 0 Å². The van der Waals surface area contributed by atoms with Gasteiger partial charge in [-0.2, -0.15) is 0 Å². The Hall–Kier alpha value is -0.610. The van der Waals surface area contributed by atoms with Gasteiger partial charge in [0.2, 0.25) is 5.91 Å². The summed E-state index contributed by atoms with van der Waals surface area (Å²) in [5.41, 5.74) is -0.0378. The molecule has 0 spiro atoms. The second kappa shape index (κ2) is 4.00. The van der Waals surface area contributed by atoms with E-state index in [0.717, 1.165) is 13.1 Å². The minimum atomic E-state index is -0.0378. The molecule has 1 amide bonds. The Kier molecular flexibility index (Phi) is 2.97. The van der Waals surface area contributed by atoms with Crippen molar-refractivity contribution in [3.8, 4) is 0 Å². The molecular formula is C12H23N3O. The number of rotatable bonds is 3. The number of hydrogen-bond acceptors (Lipinski definition) is 3. The lowest BCUT2D eigenvalue weighted by Gasteiger charge is -2.49. The minimum Gasteiger partial charge on any atom is -0.338 e. The van der Waals surface area contributed by atoms with Gasteiger partial charge < -0.3 is 10.2 Å². The van der Waals surface area contributed by atoms with Crippen molar-refractivity contribution < 1.29 is 4.79 Å². The standard InChI is InChI=1S/C12H23N3O/c1-12(2)8-15(9-5-6-9)10(7-13-3)11(16)14(12)4/h9-10,13H,5-8H2,1-4H3. The van der Waals surface area contributed by atoms with Crippen molar-refractivity contribution in [3.63, 3.8) is 0 Å². The highest BCUT2D eigenvalue weighted by atomic mass is 16.2. The molecule has 1 N–H and O–H groups in total. The van der Waals surface area contributed by atoms with Crippen molar-refractivity contribution in [3.05, 3.63) is 0 Å². The number of hydrogen-bond donors (Lipinski definition) is 1. The third kappa shape index (κ3) is 1.96. The van der Waals surface area contributed by atoms with Crippen LogP contribution in [-0.2, 0) is 4.79 Å². The first kappa shape index (κ1) is 11.9. The van der Waals surface area contributed by atoms with Gasteiger partial charge in [-0.3, -0.25) is 9.69 Å². The molecule has 0 radical (unpaired) electrons. The Labute approximate surface area is 98.0 Å². The van der Waals surface area contributed by atoms with Crippen LogP contribution in [0.3, 0.4) is 0 Å². The average Bonchev–Trinajstić information content (AvgIpc) is 3.03. The fraction of sp³-hybridized carbons (Fsp3) is 0.917. The molecular weight excluding hydrogens is 202 g/mol. The van der Waals surface area contributed by atoms with E-state index < -0.39 is 0 Å². The summed E-state index contributed by atoms with van der Waals surface area (Å²) in [7, 11) is 3.84. The zero-order valence-corrected chi connectivity index (χ0v) is 10.8. The summed E-state index contributed by atoms with van der Waals surface area (Å²) >= 11 is 0. The van der Waals surface area contributed by atoms with Gasteiger partial charge in [0.1, 0.15) is 6.04 Å². The van der Waals surface area contributed by atoms with Crippen LogP contribution in [0.1, 0.15) is 26.7 Å². The summed E-state index contributed by atoms with van der Waals surface area (Å²) < 4.78 is 0. The maximum atomic E-state index is 12.3. The molecule has 4 nitrogen and oxygen atoms in total. The van der Waals surface area contributed by atoms with Crippen LogP contribution < -0.4 is 5.32 Å². The molecule has 1 saturated carbocycles. The van der Waals surface area contributed by atoms with Crippen LogP contribution in [0, 0.1) is 0 Å². The van der Waals surface area contributed by atoms with Gasteiger partial charge in [0.15, 0.2) is 0 Å². The number of nitrogens with zero attached hydrogens (tertiary/aromatic N) is 2. The van der Waals surface area contributed by atoms with Crippen LogP contribution in [0.2, 0.25) is 0 Å². The predicted octanol–water partition coefficient (Wildman–Crippen LogP) is 0.289. The topological polar surface area (TPSA) is 35.6 Å². The van der Waals surface area contributed by atoms with E-state index >= 15 is 0 Å². The zero-order valence-electron chi connectivity index (χ0n) is 10.8. The molecule has 2 aliphatic rings. The van der Waals surface area contributed by atoms with Crippen LogP contribution >= 0.6 is 0 Å². The molecule has 1 aliphatic carbocycles. The largest absolute Gasteiger partial charge is 0.338 e. The molecule has 2 rings (SSSR count). The number of amides is 1. The van der Waals surface area contributed by atoms with Gasteiger partial charge in [0.05, 0.1) is 0 Å². The van der Waals surface area contributed by atoms with Crippen molar-refractivity contribution in [2.75, 3.05) is 27.2 Å². The molecule has 1 unspecified atom stereocenters. The van der Waals surface area contributed by atoms with Gasteiger partial charge in [-0.1, -0.05) is 0 Å². The van der Waals surface area contributed by atoms with Crippen LogP contribution in [0.4, 0.5) is 0 Å². The quantitative estimate of drug-likeness (QED) is 0.750. The lowest BCUT2D eigenvalue weighted by Crippen LogP contribution is -2.67. The van der Waals surface area contributed by atoms with E-state index in [9.17, 15) is 4.79 Å². The average molecular weight is 225 g/mol. The van der Waals surface area contributed by atoms with Crippen molar-refractivity contribution in [1.29, 1.82) is 0 Å². The van der Waals surface area contributed by atoms with Gasteiger partial charge in [0, 0.05) is 31.7 Å². The molecule has 0 bridgehead atoms. The Morgan fingerprint density at radius 3 is 2.56 bits per heavy atom. The zero-order chi connectivity index (χ0) is 11.9. The third-order valence-electron chi connectivity index (χ3n) is 3.91. The number of piperazine rings is 1. The van der Waals surface area contributed by atoms with Crippen LogP contribution in [0.15, 0.2) is 0 Å². The second-order valence-electron chi connectivity index (χ2n) is 5.69. The van der Waals surface area contributed by atoms with E-state index in [1.165, 1.54) is 12.8 Å². The first-order chi connectivity index (χ1) is 7.47. The fourth-order valence-corrected chi connectivity index (χ4v) is 2.51. The van der Waals surface area contributed by atoms with Gasteiger partial charge >= 0.3 is 0 Å². The lowest BCUT2D eigenvalue weighted by atomic mass is 9.95. The smallest absolute Gasteiger partial charge is 0.241 e. The van der Waals surface area contributed by atoms with Crippen molar-refractivity contribution in [1.82, 2.24) is 15.1 Å². The summed E-state index contributed by atoms with van der Waals surface area (Å²) in [5.74, 6) is 0.262. The molecule has 0 aromatic rings. The Morgan fingerprint density at radius 2 is 2.06 bits per heavy atom.